The summed E-state index contributed by atoms with van der Waals surface area (Å²) in [6, 6.07) is 15.2. The van der Waals surface area contributed by atoms with Gasteiger partial charge in [-0.15, -0.1) is 13.2 Å². The highest BCUT2D eigenvalue weighted by Crippen LogP contribution is 2.30. The Hall–Kier alpha value is -2.25. The molecule has 1 fully saturated rings. The molecule has 3 rings (SSSR count). The van der Waals surface area contributed by atoms with Gasteiger partial charge in [-0.3, -0.25) is 0 Å². The van der Waals surface area contributed by atoms with Crippen molar-refractivity contribution in [1.29, 1.82) is 0 Å². The molecule has 0 spiro atoms. The highest BCUT2D eigenvalue weighted by atomic mass is 19.4. The molecule has 0 amide bonds. The number of hydrogen-bond acceptors (Lipinski definition) is 4. The maximum atomic E-state index is 12.1. The predicted octanol–water partition coefficient (Wildman–Crippen LogP) is 4.80. The van der Waals surface area contributed by atoms with Gasteiger partial charge in [-0.05, 0) is 68.1 Å². The number of halogens is 3. The van der Waals surface area contributed by atoms with Gasteiger partial charge in [0.25, 0.3) is 0 Å². The Morgan fingerprint density at radius 2 is 1.59 bits per heavy atom. The van der Waals surface area contributed by atoms with Crippen molar-refractivity contribution in [2.75, 3.05) is 26.2 Å². The Kier molecular flexibility index (Phi) is 7.39. The Labute approximate surface area is 168 Å². The lowest BCUT2D eigenvalue weighted by atomic mass is 9.87. The lowest BCUT2D eigenvalue weighted by Gasteiger charge is -2.34. The van der Waals surface area contributed by atoms with Crippen LogP contribution in [-0.2, 0) is 0 Å². The van der Waals surface area contributed by atoms with Crippen molar-refractivity contribution in [3.8, 4) is 11.5 Å². The lowest BCUT2D eigenvalue weighted by Crippen LogP contribution is -2.36. The van der Waals surface area contributed by atoms with Gasteiger partial charge >= 0.3 is 6.36 Å². The van der Waals surface area contributed by atoms with Crippen LogP contribution in [0.4, 0.5) is 13.2 Å². The van der Waals surface area contributed by atoms with E-state index in [0.29, 0.717) is 12.4 Å². The van der Waals surface area contributed by atoms with E-state index in [1.807, 2.05) is 30.3 Å². The molecule has 29 heavy (non-hydrogen) atoms. The van der Waals surface area contributed by atoms with E-state index in [2.05, 4.69) is 9.64 Å². The molecule has 0 bridgehead atoms. The standard InChI is InChI=1S/C22H26F3NO3/c23-22(24,25)29-20-9-7-19(8-10-20)28-16-4-13-26-14-11-18(12-15-26)21(27)17-5-2-1-3-6-17/h1-3,5-10,18,21,27H,4,11-16H2. The van der Waals surface area contributed by atoms with Gasteiger partial charge < -0.3 is 19.5 Å². The molecule has 0 aromatic heterocycles. The lowest BCUT2D eigenvalue weighted by molar-refractivity contribution is -0.274. The van der Waals surface area contributed by atoms with Crippen LogP contribution in [-0.4, -0.2) is 42.6 Å². The zero-order valence-corrected chi connectivity index (χ0v) is 16.1. The second-order valence-corrected chi connectivity index (χ2v) is 7.26. The number of rotatable bonds is 8. The molecule has 1 atom stereocenters. The van der Waals surface area contributed by atoms with E-state index in [9.17, 15) is 18.3 Å². The number of nitrogens with zero attached hydrogens (tertiary/aromatic N) is 1. The molecule has 2 aromatic rings. The van der Waals surface area contributed by atoms with E-state index in [-0.39, 0.29) is 11.7 Å². The van der Waals surface area contributed by atoms with Crippen LogP contribution < -0.4 is 9.47 Å². The summed E-state index contributed by atoms with van der Waals surface area (Å²) in [6.07, 6.45) is -2.36. The van der Waals surface area contributed by atoms with E-state index in [1.165, 1.54) is 24.3 Å². The van der Waals surface area contributed by atoms with Crippen molar-refractivity contribution >= 4 is 0 Å². The van der Waals surface area contributed by atoms with Gasteiger partial charge in [-0.2, -0.15) is 0 Å². The maximum Gasteiger partial charge on any atom is 0.573 e. The first-order valence-corrected chi connectivity index (χ1v) is 9.85. The molecule has 2 aromatic carbocycles. The van der Waals surface area contributed by atoms with E-state index in [0.717, 1.165) is 44.5 Å². The number of alkyl halides is 3. The van der Waals surface area contributed by atoms with Crippen LogP contribution in [0, 0.1) is 5.92 Å². The van der Waals surface area contributed by atoms with Crippen molar-refractivity contribution in [2.45, 2.75) is 31.7 Å². The minimum Gasteiger partial charge on any atom is -0.494 e. The van der Waals surface area contributed by atoms with Gasteiger partial charge in [-0.25, -0.2) is 0 Å². The van der Waals surface area contributed by atoms with Crippen molar-refractivity contribution in [3.63, 3.8) is 0 Å². The van der Waals surface area contributed by atoms with E-state index in [1.54, 1.807) is 0 Å². The van der Waals surface area contributed by atoms with Crippen molar-refractivity contribution in [1.82, 2.24) is 4.90 Å². The number of ether oxygens (including phenoxy) is 2. The highest BCUT2D eigenvalue weighted by molar-refractivity contribution is 5.31. The largest absolute Gasteiger partial charge is 0.573 e. The monoisotopic (exact) mass is 409 g/mol. The molecule has 1 aliphatic heterocycles. The molecule has 1 heterocycles. The summed E-state index contributed by atoms with van der Waals surface area (Å²) in [5, 5.41) is 10.5. The fraction of sp³-hybridized carbons (Fsp3) is 0.455. The number of likely N-dealkylation sites (tertiary alicyclic amines) is 1. The summed E-state index contributed by atoms with van der Waals surface area (Å²) >= 11 is 0. The fourth-order valence-electron chi connectivity index (χ4n) is 3.63. The van der Waals surface area contributed by atoms with Crippen molar-refractivity contribution < 1.29 is 27.8 Å². The SMILES string of the molecule is OC(c1ccccc1)C1CCN(CCCOc2ccc(OC(F)(F)F)cc2)CC1. The zero-order chi connectivity index (χ0) is 20.7. The molecule has 1 saturated heterocycles. The Balaban J connectivity index is 1.33. The Bertz CT molecular complexity index is 729. The van der Waals surface area contributed by atoms with Crippen LogP contribution in [0.2, 0.25) is 0 Å². The first-order chi connectivity index (χ1) is 13.9. The Morgan fingerprint density at radius 1 is 0.966 bits per heavy atom. The van der Waals surface area contributed by atoms with Gasteiger partial charge in [0.05, 0.1) is 12.7 Å². The van der Waals surface area contributed by atoms with Crippen LogP contribution in [0.5, 0.6) is 11.5 Å². The highest BCUT2D eigenvalue weighted by Gasteiger charge is 2.31. The van der Waals surface area contributed by atoms with E-state index < -0.39 is 12.5 Å². The third-order valence-corrected chi connectivity index (χ3v) is 5.16. The molecule has 4 nitrogen and oxygen atoms in total. The summed E-state index contributed by atoms with van der Waals surface area (Å²) < 4.78 is 45.9. The molecule has 7 heteroatoms. The molecule has 0 aliphatic carbocycles. The van der Waals surface area contributed by atoms with Crippen molar-refractivity contribution in [3.05, 3.63) is 60.2 Å². The quantitative estimate of drug-likeness (QED) is 0.636. The number of piperidine rings is 1. The van der Waals surface area contributed by atoms with Crippen molar-refractivity contribution in [2.24, 2.45) is 5.92 Å². The molecular formula is C22H26F3NO3. The summed E-state index contributed by atoms with van der Waals surface area (Å²) in [6.45, 7) is 3.27. The van der Waals surface area contributed by atoms with Crippen LogP contribution in [0.25, 0.3) is 0 Å². The third kappa shape index (κ3) is 6.94. The molecular weight excluding hydrogens is 383 g/mol. The van der Waals surface area contributed by atoms with Crippen LogP contribution in [0.15, 0.2) is 54.6 Å². The minimum atomic E-state index is -4.69. The molecule has 1 unspecified atom stereocenters. The molecule has 158 valence electrons. The first-order valence-electron chi connectivity index (χ1n) is 9.85. The number of hydrogen-bond donors (Lipinski definition) is 1. The van der Waals surface area contributed by atoms with Crippen LogP contribution in [0.3, 0.4) is 0 Å². The smallest absolute Gasteiger partial charge is 0.494 e. The van der Waals surface area contributed by atoms with Crippen LogP contribution in [0.1, 0.15) is 30.9 Å². The molecule has 1 aliphatic rings. The van der Waals surface area contributed by atoms with Gasteiger partial charge in [0.2, 0.25) is 0 Å². The second kappa shape index (κ2) is 9.98. The first kappa shape index (κ1) is 21.5. The second-order valence-electron chi connectivity index (χ2n) is 7.26. The molecule has 1 N–H and O–H groups in total. The number of aliphatic hydroxyl groups is 1. The minimum absolute atomic E-state index is 0.259. The third-order valence-electron chi connectivity index (χ3n) is 5.16. The zero-order valence-electron chi connectivity index (χ0n) is 16.1. The van der Waals surface area contributed by atoms with Gasteiger partial charge in [0, 0.05) is 6.54 Å². The van der Waals surface area contributed by atoms with Crippen LogP contribution >= 0.6 is 0 Å². The average molecular weight is 409 g/mol. The number of benzene rings is 2. The summed E-state index contributed by atoms with van der Waals surface area (Å²) in [7, 11) is 0. The predicted molar refractivity (Wildman–Crippen MR) is 104 cm³/mol. The van der Waals surface area contributed by atoms with E-state index in [4.69, 9.17) is 4.74 Å². The maximum absolute atomic E-state index is 12.1. The summed E-state index contributed by atoms with van der Waals surface area (Å²) in [5.74, 6) is 0.539. The van der Waals surface area contributed by atoms with E-state index >= 15 is 0 Å². The topological polar surface area (TPSA) is 41.9 Å². The Morgan fingerprint density at radius 3 is 2.21 bits per heavy atom. The van der Waals surface area contributed by atoms with Gasteiger partial charge in [-0.1, -0.05) is 30.3 Å². The summed E-state index contributed by atoms with van der Waals surface area (Å²) in [5.41, 5.74) is 0.978. The molecule has 0 saturated carbocycles. The number of aliphatic hydroxyl groups excluding tert-OH is 1. The summed E-state index contributed by atoms with van der Waals surface area (Å²) in [4.78, 5) is 2.36. The van der Waals surface area contributed by atoms with Gasteiger partial charge in [0.15, 0.2) is 0 Å². The average Bonchev–Trinajstić information content (AvgIpc) is 2.72. The fourth-order valence-corrected chi connectivity index (χ4v) is 3.63. The molecule has 0 radical (unpaired) electrons. The normalized spacial score (nSPS) is 17.1. The van der Waals surface area contributed by atoms with Gasteiger partial charge in [0.1, 0.15) is 11.5 Å².